The van der Waals surface area contributed by atoms with Crippen LogP contribution in [0.4, 0.5) is 4.39 Å². The molecule has 112 valence electrons. The van der Waals surface area contributed by atoms with E-state index in [0.717, 1.165) is 16.5 Å². The molecule has 1 aromatic heterocycles. The Kier molecular flexibility index (Phi) is 3.63. The van der Waals surface area contributed by atoms with Gasteiger partial charge in [0, 0.05) is 12.4 Å². The third kappa shape index (κ3) is 2.45. The van der Waals surface area contributed by atoms with Crippen molar-refractivity contribution in [1.29, 1.82) is 0 Å². The molecule has 22 heavy (non-hydrogen) atoms. The number of aromatic nitrogens is 2. The molecule has 1 atom stereocenters. The molecule has 0 fully saturated rings. The fourth-order valence-corrected chi connectivity index (χ4v) is 2.48. The van der Waals surface area contributed by atoms with Gasteiger partial charge < -0.3 is 4.90 Å². The average molecular weight is 297 g/mol. The number of para-hydroxylation sites is 1. The number of carbonyl (C=O) groups excluding carboxylic acids is 1. The summed E-state index contributed by atoms with van der Waals surface area (Å²) in [5.41, 5.74) is 2.19. The zero-order chi connectivity index (χ0) is 15.7. The lowest BCUT2D eigenvalue weighted by molar-refractivity contribution is 0.0744. The van der Waals surface area contributed by atoms with Crippen molar-refractivity contribution in [3.8, 4) is 0 Å². The van der Waals surface area contributed by atoms with Crippen LogP contribution < -0.4 is 0 Å². The van der Waals surface area contributed by atoms with Crippen molar-refractivity contribution in [2.24, 2.45) is 0 Å². The Labute approximate surface area is 127 Å². The number of amides is 1. The summed E-state index contributed by atoms with van der Waals surface area (Å²) in [4.78, 5) is 14.4. The summed E-state index contributed by atoms with van der Waals surface area (Å²) >= 11 is 0. The third-order valence-corrected chi connectivity index (χ3v) is 3.96. The van der Waals surface area contributed by atoms with E-state index in [-0.39, 0.29) is 17.8 Å². The van der Waals surface area contributed by atoms with E-state index in [1.807, 2.05) is 19.1 Å². The van der Waals surface area contributed by atoms with Gasteiger partial charge in [-0.15, -0.1) is 0 Å². The average Bonchev–Trinajstić information content (AvgIpc) is 3.02. The summed E-state index contributed by atoms with van der Waals surface area (Å²) in [5, 5.41) is 7.74. The fraction of sp³-hybridized carbons (Fsp3) is 0.176. The first kappa shape index (κ1) is 14.3. The van der Waals surface area contributed by atoms with Crippen molar-refractivity contribution in [2.75, 3.05) is 7.05 Å². The monoisotopic (exact) mass is 297 g/mol. The second-order valence-electron chi connectivity index (χ2n) is 5.28. The molecule has 5 heteroatoms. The van der Waals surface area contributed by atoms with Gasteiger partial charge in [-0.25, -0.2) is 4.39 Å². The lowest BCUT2D eigenvalue weighted by Crippen LogP contribution is -2.29. The number of hydrogen-bond acceptors (Lipinski definition) is 2. The van der Waals surface area contributed by atoms with E-state index in [2.05, 4.69) is 10.2 Å². The second-order valence-corrected chi connectivity index (χ2v) is 5.28. The number of carbonyl (C=O) groups is 1. The molecule has 0 radical (unpaired) electrons. The van der Waals surface area contributed by atoms with E-state index >= 15 is 0 Å². The normalized spacial score (nSPS) is 12.3. The highest BCUT2D eigenvalue weighted by atomic mass is 19.1. The number of aromatic amines is 1. The van der Waals surface area contributed by atoms with E-state index in [1.54, 1.807) is 36.3 Å². The molecular formula is C17H16FN3O. The lowest BCUT2D eigenvalue weighted by atomic mass is 10.1. The van der Waals surface area contributed by atoms with Crippen LogP contribution in [0.5, 0.6) is 0 Å². The van der Waals surface area contributed by atoms with Gasteiger partial charge in [0.1, 0.15) is 5.82 Å². The first-order valence-corrected chi connectivity index (χ1v) is 7.02. The van der Waals surface area contributed by atoms with E-state index in [4.69, 9.17) is 0 Å². The molecular weight excluding hydrogens is 281 g/mol. The van der Waals surface area contributed by atoms with E-state index in [0.29, 0.717) is 5.56 Å². The van der Waals surface area contributed by atoms with Gasteiger partial charge in [0.15, 0.2) is 0 Å². The zero-order valence-electron chi connectivity index (χ0n) is 12.4. The molecule has 0 aliphatic carbocycles. The van der Waals surface area contributed by atoms with Crippen molar-refractivity contribution < 1.29 is 9.18 Å². The van der Waals surface area contributed by atoms with Crippen molar-refractivity contribution in [1.82, 2.24) is 15.1 Å². The lowest BCUT2D eigenvalue weighted by Gasteiger charge is -2.25. The summed E-state index contributed by atoms with van der Waals surface area (Å²) in [6, 6.07) is 11.5. The van der Waals surface area contributed by atoms with Crippen molar-refractivity contribution in [2.45, 2.75) is 13.0 Å². The summed E-state index contributed by atoms with van der Waals surface area (Å²) in [6.45, 7) is 1.91. The molecule has 0 aliphatic rings. The first-order valence-electron chi connectivity index (χ1n) is 7.02. The highest BCUT2D eigenvalue weighted by Gasteiger charge is 2.21. The topological polar surface area (TPSA) is 49.0 Å². The number of halogens is 1. The second kappa shape index (κ2) is 5.60. The SMILES string of the molecule is CC(c1ccc(F)cc1)N(C)C(=O)c1cccc2cn[nH]c12. The maximum Gasteiger partial charge on any atom is 0.256 e. The van der Waals surface area contributed by atoms with Crippen LogP contribution in [0.15, 0.2) is 48.7 Å². The van der Waals surface area contributed by atoms with Gasteiger partial charge in [0.25, 0.3) is 5.91 Å². The standard InChI is InChI=1S/C17H16FN3O/c1-11(12-6-8-14(18)9-7-12)21(2)17(22)15-5-3-4-13-10-19-20-16(13)15/h3-11H,1-2H3,(H,19,20). The van der Waals surface area contributed by atoms with Gasteiger partial charge in [-0.2, -0.15) is 5.10 Å². The minimum Gasteiger partial charge on any atom is -0.335 e. The first-order chi connectivity index (χ1) is 10.6. The van der Waals surface area contributed by atoms with Crippen LogP contribution in [0.25, 0.3) is 10.9 Å². The quantitative estimate of drug-likeness (QED) is 0.804. The van der Waals surface area contributed by atoms with Gasteiger partial charge in [-0.05, 0) is 30.7 Å². The highest BCUT2D eigenvalue weighted by Crippen LogP contribution is 2.23. The Balaban J connectivity index is 1.91. The third-order valence-electron chi connectivity index (χ3n) is 3.96. The number of H-pyrrole nitrogens is 1. The van der Waals surface area contributed by atoms with E-state index < -0.39 is 0 Å². The molecule has 0 aliphatic heterocycles. The number of nitrogens with zero attached hydrogens (tertiary/aromatic N) is 2. The molecule has 0 saturated carbocycles. The number of hydrogen-bond donors (Lipinski definition) is 1. The number of rotatable bonds is 3. The van der Waals surface area contributed by atoms with Crippen LogP contribution in [0.1, 0.15) is 28.9 Å². The number of fused-ring (bicyclic) bond motifs is 1. The molecule has 1 unspecified atom stereocenters. The number of benzene rings is 2. The van der Waals surface area contributed by atoms with Crippen molar-refractivity contribution in [3.63, 3.8) is 0 Å². The molecule has 1 heterocycles. The predicted octanol–water partition coefficient (Wildman–Crippen LogP) is 3.54. The van der Waals surface area contributed by atoms with Gasteiger partial charge >= 0.3 is 0 Å². The molecule has 0 spiro atoms. The van der Waals surface area contributed by atoms with Crippen LogP contribution in [-0.2, 0) is 0 Å². The predicted molar refractivity (Wildman–Crippen MR) is 83.0 cm³/mol. The highest BCUT2D eigenvalue weighted by molar-refractivity contribution is 6.05. The van der Waals surface area contributed by atoms with Crippen LogP contribution in [-0.4, -0.2) is 28.1 Å². The molecule has 4 nitrogen and oxygen atoms in total. The maximum absolute atomic E-state index is 13.0. The number of nitrogens with one attached hydrogen (secondary N) is 1. The fourth-order valence-electron chi connectivity index (χ4n) is 2.48. The molecule has 1 N–H and O–H groups in total. The van der Waals surface area contributed by atoms with E-state index in [1.165, 1.54) is 12.1 Å². The Bertz CT molecular complexity index is 810. The van der Waals surface area contributed by atoms with Gasteiger partial charge in [0.05, 0.1) is 23.3 Å². The summed E-state index contributed by atoms with van der Waals surface area (Å²) in [5.74, 6) is -0.390. The molecule has 2 aromatic carbocycles. The molecule has 0 saturated heterocycles. The van der Waals surface area contributed by atoms with Crippen molar-refractivity contribution in [3.05, 3.63) is 65.6 Å². The van der Waals surface area contributed by atoms with Gasteiger partial charge in [0.2, 0.25) is 0 Å². The summed E-state index contributed by atoms with van der Waals surface area (Å²) < 4.78 is 13.0. The Hall–Kier alpha value is -2.69. The van der Waals surface area contributed by atoms with E-state index in [9.17, 15) is 9.18 Å². The van der Waals surface area contributed by atoms with Crippen molar-refractivity contribution >= 4 is 16.8 Å². The zero-order valence-corrected chi connectivity index (χ0v) is 12.4. The molecule has 3 aromatic rings. The molecule has 0 bridgehead atoms. The van der Waals surface area contributed by atoms with Crippen LogP contribution in [0.2, 0.25) is 0 Å². The van der Waals surface area contributed by atoms with Crippen LogP contribution >= 0.6 is 0 Å². The van der Waals surface area contributed by atoms with Gasteiger partial charge in [-0.3, -0.25) is 9.89 Å². The minimum atomic E-state index is -0.285. The molecule has 3 rings (SSSR count). The Morgan fingerprint density at radius 3 is 2.68 bits per heavy atom. The maximum atomic E-state index is 13.0. The summed E-state index contributed by atoms with van der Waals surface area (Å²) in [6.07, 6.45) is 1.69. The minimum absolute atomic E-state index is 0.105. The Morgan fingerprint density at radius 2 is 1.95 bits per heavy atom. The van der Waals surface area contributed by atoms with Crippen LogP contribution in [0, 0.1) is 5.82 Å². The largest absolute Gasteiger partial charge is 0.335 e. The smallest absolute Gasteiger partial charge is 0.256 e. The van der Waals surface area contributed by atoms with Crippen LogP contribution in [0.3, 0.4) is 0 Å². The summed E-state index contributed by atoms with van der Waals surface area (Å²) in [7, 11) is 1.74. The Morgan fingerprint density at radius 1 is 1.23 bits per heavy atom. The van der Waals surface area contributed by atoms with Gasteiger partial charge in [-0.1, -0.05) is 24.3 Å². The molecule has 1 amide bonds.